The minimum Gasteiger partial charge on any atom is -0.497 e. The average molecular weight is 269 g/mol. The lowest BCUT2D eigenvalue weighted by atomic mass is 10.3. The molecule has 6 heteroatoms. The molecule has 0 bridgehead atoms. The van der Waals surface area contributed by atoms with Gasteiger partial charge in [0.05, 0.1) is 7.11 Å². The summed E-state index contributed by atoms with van der Waals surface area (Å²) in [6, 6.07) is 3.89. The molecule has 1 aromatic carbocycles. The van der Waals surface area contributed by atoms with Crippen LogP contribution in [0.2, 0.25) is 0 Å². The van der Waals surface area contributed by atoms with Crippen molar-refractivity contribution in [2.24, 2.45) is 0 Å². The van der Waals surface area contributed by atoms with Crippen LogP contribution in [0.5, 0.6) is 5.75 Å². The van der Waals surface area contributed by atoms with Crippen LogP contribution in [0.1, 0.15) is 0 Å². The number of rotatable bonds is 2. The third-order valence-corrected chi connectivity index (χ3v) is 3.20. The van der Waals surface area contributed by atoms with Gasteiger partial charge < -0.3 is 4.74 Å². The number of methoxy groups -OCH3 is 1. The van der Waals surface area contributed by atoms with E-state index >= 15 is 0 Å². The van der Waals surface area contributed by atoms with Gasteiger partial charge in [0.15, 0.2) is 0 Å². The third-order valence-electron chi connectivity index (χ3n) is 1.40. The van der Waals surface area contributed by atoms with Crippen LogP contribution in [0.4, 0.5) is 3.89 Å². The minimum absolute atomic E-state index is 0.148. The zero-order valence-electron chi connectivity index (χ0n) is 6.62. The summed E-state index contributed by atoms with van der Waals surface area (Å²) in [5, 5.41) is 0. The van der Waals surface area contributed by atoms with Gasteiger partial charge >= 0.3 is 10.2 Å². The topological polar surface area (TPSA) is 43.4 Å². The van der Waals surface area contributed by atoms with Crippen LogP contribution in [0, 0.1) is 0 Å². The smallest absolute Gasteiger partial charge is 0.333 e. The Hall–Kier alpha value is -0.620. The molecule has 0 N–H and O–H groups in total. The molecular weight excluding hydrogens is 263 g/mol. The molecule has 0 aliphatic rings. The van der Waals surface area contributed by atoms with E-state index in [1.165, 1.54) is 19.2 Å². The molecule has 72 valence electrons. The number of halogens is 2. The maximum absolute atomic E-state index is 12.5. The zero-order chi connectivity index (χ0) is 10.1. The van der Waals surface area contributed by atoms with Gasteiger partial charge in [0.2, 0.25) is 0 Å². The highest BCUT2D eigenvalue weighted by Gasteiger charge is 2.16. The average Bonchev–Trinajstić information content (AvgIpc) is 2.01. The van der Waals surface area contributed by atoms with E-state index < -0.39 is 15.1 Å². The Bertz CT molecular complexity index is 416. The molecule has 0 aromatic heterocycles. The predicted octanol–water partition coefficient (Wildman–Crippen LogP) is 2.12. The quantitative estimate of drug-likeness (QED) is 0.772. The van der Waals surface area contributed by atoms with E-state index in [0.717, 1.165) is 6.07 Å². The molecule has 0 amide bonds. The summed E-state index contributed by atoms with van der Waals surface area (Å²) in [5.74, 6) is 0.458. The summed E-state index contributed by atoms with van der Waals surface area (Å²) in [4.78, 5) is -0.395. The fourth-order valence-electron chi connectivity index (χ4n) is 0.806. The zero-order valence-corrected chi connectivity index (χ0v) is 9.02. The van der Waals surface area contributed by atoms with Crippen molar-refractivity contribution in [1.82, 2.24) is 0 Å². The highest BCUT2D eigenvalue weighted by atomic mass is 79.9. The van der Waals surface area contributed by atoms with Crippen molar-refractivity contribution in [3.8, 4) is 5.75 Å². The molecule has 0 heterocycles. The van der Waals surface area contributed by atoms with E-state index in [2.05, 4.69) is 15.9 Å². The van der Waals surface area contributed by atoms with Gasteiger partial charge in [0.25, 0.3) is 0 Å². The van der Waals surface area contributed by atoms with Crippen molar-refractivity contribution in [3.05, 3.63) is 22.7 Å². The Kier molecular flexibility index (Phi) is 2.92. The molecule has 0 aliphatic heterocycles. The summed E-state index contributed by atoms with van der Waals surface area (Å²) < 4.78 is 38.5. The van der Waals surface area contributed by atoms with E-state index in [9.17, 15) is 12.3 Å². The van der Waals surface area contributed by atoms with Gasteiger partial charge in [0, 0.05) is 4.47 Å². The second-order valence-electron chi connectivity index (χ2n) is 2.23. The summed E-state index contributed by atoms with van der Waals surface area (Å²) in [5.41, 5.74) is 0. The summed E-state index contributed by atoms with van der Waals surface area (Å²) in [7, 11) is -3.22. The van der Waals surface area contributed by atoms with Crippen molar-refractivity contribution in [2.75, 3.05) is 7.11 Å². The molecule has 0 atom stereocenters. The van der Waals surface area contributed by atoms with Gasteiger partial charge in [-0.05, 0) is 34.1 Å². The Morgan fingerprint density at radius 1 is 1.46 bits per heavy atom. The van der Waals surface area contributed by atoms with Gasteiger partial charge in [-0.1, -0.05) is 0 Å². The molecule has 0 fully saturated rings. The minimum atomic E-state index is -4.66. The summed E-state index contributed by atoms with van der Waals surface area (Å²) in [6.07, 6.45) is 0. The van der Waals surface area contributed by atoms with Gasteiger partial charge in [-0.3, -0.25) is 0 Å². The maximum atomic E-state index is 12.5. The van der Waals surface area contributed by atoms with Crippen molar-refractivity contribution in [1.29, 1.82) is 0 Å². The van der Waals surface area contributed by atoms with Gasteiger partial charge in [0.1, 0.15) is 10.6 Å². The number of hydrogen-bond acceptors (Lipinski definition) is 3. The third kappa shape index (κ3) is 2.41. The van der Waals surface area contributed by atoms with Crippen LogP contribution in [0.3, 0.4) is 0 Å². The lowest BCUT2D eigenvalue weighted by Crippen LogP contribution is -1.93. The predicted molar refractivity (Wildman–Crippen MR) is 49.0 cm³/mol. The molecular formula is C7H6BrFO3S. The van der Waals surface area contributed by atoms with Crippen LogP contribution in [-0.4, -0.2) is 15.5 Å². The highest BCUT2D eigenvalue weighted by molar-refractivity contribution is 9.10. The van der Waals surface area contributed by atoms with Crippen LogP contribution in [-0.2, 0) is 10.2 Å². The fraction of sp³-hybridized carbons (Fsp3) is 0.143. The Morgan fingerprint density at radius 3 is 2.46 bits per heavy atom. The summed E-state index contributed by atoms with van der Waals surface area (Å²) >= 11 is 2.92. The standard InChI is InChI=1S/C7H6BrFO3S/c1-12-5-2-3-7(6(8)4-5)13(9,10)11/h2-4H,1H3. The van der Waals surface area contributed by atoms with Crippen molar-refractivity contribution < 1.29 is 17.0 Å². The van der Waals surface area contributed by atoms with Gasteiger partial charge in [-0.2, -0.15) is 8.42 Å². The Morgan fingerprint density at radius 2 is 2.08 bits per heavy atom. The molecule has 13 heavy (non-hydrogen) atoms. The first-order valence-corrected chi connectivity index (χ1v) is 5.41. The Labute approximate surface area is 83.9 Å². The van der Waals surface area contributed by atoms with Crippen molar-refractivity contribution in [3.63, 3.8) is 0 Å². The highest BCUT2D eigenvalue weighted by Crippen LogP contribution is 2.27. The fourth-order valence-corrected chi connectivity index (χ4v) is 2.27. The summed E-state index contributed by atoms with van der Waals surface area (Å²) in [6.45, 7) is 0. The molecule has 0 aliphatic carbocycles. The van der Waals surface area contributed by atoms with E-state index in [1.54, 1.807) is 0 Å². The van der Waals surface area contributed by atoms with E-state index in [0.29, 0.717) is 5.75 Å². The van der Waals surface area contributed by atoms with Crippen LogP contribution < -0.4 is 4.74 Å². The monoisotopic (exact) mass is 268 g/mol. The number of benzene rings is 1. The largest absolute Gasteiger partial charge is 0.497 e. The SMILES string of the molecule is COc1ccc(S(=O)(=O)F)c(Br)c1. The molecule has 0 spiro atoms. The normalized spacial score (nSPS) is 11.3. The van der Waals surface area contributed by atoms with E-state index in [1.807, 2.05) is 0 Å². The number of hydrogen-bond donors (Lipinski definition) is 0. The molecule has 0 radical (unpaired) electrons. The molecule has 1 rings (SSSR count). The van der Waals surface area contributed by atoms with E-state index in [-0.39, 0.29) is 4.47 Å². The lowest BCUT2D eigenvalue weighted by Gasteiger charge is -2.02. The first kappa shape index (κ1) is 10.5. The molecule has 1 aromatic rings. The lowest BCUT2D eigenvalue weighted by molar-refractivity contribution is 0.414. The second kappa shape index (κ2) is 3.63. The van der Waals surface area contributed by atoms with Crippen LogP contribution in [0.15, 0.2) is 27.6 Å². The molecule has 0 saturated carbocycles. The van der Waals surface area contributed by atoms with Crippen LogP contribution >= 0.6 is 15.9 Å². The molecule has 3 nitrogen and oxygen atoms in total. The van der Waals surface area contributed by atoms with Crippen molar-refractivity contribution in [2.45, 2.75) is 4.90 Å². The second-order valence-corrected chi connectivity index (χ2v) is 4.40. The first-order chi connectivity index (χ1) is 5.95. The number of ether oxygens (including phenoxy) is 1. The van der Waals surface area contributed by atoms with Gasteiger partial charge in [-0.25, -0.2) is 0 Å². The molecule has 0 saturated heterocycles. The van der Waals surface area contributed by atoms with Gasteiger partial charge in [-0.15, -0.1) is 3.89 Å². The van der Waals surface area contributed by atoms with Crippen molar-refractivity contribution >= 4 is 26.2 Å². The first-order valence-electron chi connectivity index (χ1n) is 3.23. The van der Waals surface area contributed by atoms with E-state index in [4.69, 9.17) is 4.74 Å². The molecule has 0 unspecified atom stereocenters. The maximum Gasteiger partial charge on any atom is 0.333 e. The van der Waals surface area contributed by atoms with Crippen LogP contribution in [0.25, 0.3) is 0 Å². The Balaban J connectivity index is 3.29.